The maximum atomic E-state index is 14.0. The van der Waals surface area contributed by atoms with Gasteiger partial charge < -0.3 is 14.2 Å². The fraction of sp³-hybridized carbons (Fsp3) is 0.303. The molecule has 1 aromatic heterocycles. The van der Waals surface area contributed by atoms with Gasteiger partial charge in [-0.2, -0.15) is 4.98 Å². The Hall–Kier alpha value is -4.26. The Morgan fingerprint density at radius 1 is 0.825 bits per heavy atom. The summed E-state index contributed by atoms with van der Waals surface area (Å²) in [4.78, 5) is 33.8. The van der Waals surface area contributed by atoms with Crippen LogP contribution in [-0.2, 0) is 31.5 Å². The summed E-state index contributed by atoms with van der Waals surface area (Å²) < 4.78 is 21.4. The van der Waals surface area contributed by atoms with Crippen LogP contribution in [0.3, 0.4) is 0 Å². The Labute approximate surface area is 233 Å². The van der Waals surface area contributed by atoms with Crippen molar-refractivity contribution in [3.8, 4) is 5.75 Å². The van der Waals surface area contributed by atoms with Gasteiger partial charge in [0.25, 0.3) is 5.91 Å². The van der Waals surface area contributed by atoms with Crippen LogP contribution in [0.4, 0.5) is 4.39 Å². The predicted octanol–water partition coefficient (Wildman–Crippen LogP) is 5.67. The summed E-state index contributed by atoms with van der Waals surface area (Å²) in [6, 6.07) is 26.2. The molecule has 1 amide bonds. The number of benzene rings is 3. The highest BCUT2D eigenvalue weighted by atomic mass is 19.1. The molecule has 0 bridgehead atoms. The SMILES string of the molecule is O=C1c2c(OCc3ccccc3)c(=O)nc(CC3(c4ccccc4)CCCC3)n2CCN1Cc1ccc(F)cc1. The molecule has 7 heteroatoms. The standard InChI is InChI=1S/C33H32FN3O3/c34-27-15-13-24(14-16-27)22-36-19-20-37-28(21-33(17-7-8-18-33)26-11-5-2-6-12-26)35-31(38)30(29(37)32(36)39)40-23-25-9-3-1-4-10-25/h1-6,9-16H,7-8,17-23H2. The summed E-state index contributed by atoms with van der Waals surface area (Å²) in [6.07, 6.45) is 4.85. The molecule has 6 rings (SSSR count). The minimum Gasteiger partial charge on any atom is -0.481 e. The number of carbonyl (C=O) groups excluding carboxylic acids is 1. The minimum absolute atomic E-state index is 0.0124. The maximum Gasteiger partial charge on any atom is 0.316 e. The monoisotopic (exact) mass is 537 g/mol. The number of fused-ring (bicyclic) bond motifs is 1. The lowest BCUT2D eigenvalue weighted by Crippen LogP contribution is -2.44. The number of hydrogen-bond acceptors (Lipinski definition) is 4. The van der Waals surface area contributed by atoms with Crippen LogP contribution in [0.1, 0.15) is 58.7 Å². The summed E-state index contributed by atoms with van der Waals surface area (Å²) in [5.41, 5.74) is 2.57. The first-order valence-corrected chi connectivity index (χ1v) is 13.9. The van der Waals surface area contributed by atoms with Crippen LogP contribution in [0.5, 0.6) is 5.75 Å². The van der Waals surface area contributed by atoms with E-state index in [2.05, 4.69) is 29.2 Å². The molecule has 1 saturated carbocycles. The van der Waals surface area contributed by atoms with Crippen LogP contribution in [0.2, 0.25) is 0 Å². The molecule has 0 atom stereocenters. The largest absolute Gasteiger partial charge is 0.481 e. The van der Waals surface area contributed by atoms with Crippen LogP contribution in [0.25, 0.3) is 0 Å². The predicted molar refractivity (Wildman–Crippen MR) is 151 cm³/mol. The van der Waals surface area contributed by atoms with Gasteiger partial charge in [-0.15, -0.1) is 0 Å². The fourth-order valence-corrected chi connectivity index (χ4v) is 6.18. The normalized spacial score (nSPS) is 16.1. The number of carbonyl (C=O) groups is 1. The third-order valence-electron chi connectivity index (χ3n) is 8.26. The van der Waals surface area contributed by atoms with Crippen molar-refractivity contribution < 1.29 is 13.9 Å². The zero-order valence-electron chi connectivity index (χ0n) is 22.4. The van der Waals surface area contributed by atoms with Crippen LogP contribution in [0.15, 0.2) is 89.7 Å². The van der Waals surface area contributed by atoms with E-state index in [1.165, 1.54) is 17.7 Å². The lowest BCUT2D eigenvalue weighted by atomic mass is 9.76. The highest BCUT2D eigenvalue weighted by molar-refractivity contribution is 5.95. The summed E-state index contributed by atoms with van der Waals surface area (Å²) in [7, 11) is 0. The van der Waals surface area contributed by atoms with Crippen molar-refractivity contribution in [2.75, 3.05) is 6.54 Å². The third-order valence-corrected chi connectivity index (χ3v) is 8.26. The molecule has 0 saturated heterocycles. The highest BCUT2D eigenvalue weighted by Gasteiger charge is 2.39. The molecular formula is C33H32FN3O3. The van der Waals surface area contributed by atoms with Gasteiger partial charge in [0, 0.05) is 31.5 Å². The Bertz CT molecular complexity index is 1550. The van der Waals surface area contributed by atoms with E-state index < -0.39 is 5.56 Å². The number of nitrogens with zero attached hydrogens (tertiary/aromatic N) is 3. The molecule has 0 spiro atoms. The van der Waals surface area contributed by atoms with Gasteiger partial charge in [0.2, 0.25) is 5.75 Å². The number of rotatable bonds is 8. The minimum atomic E-state index is -0.518. The average molecular weight is 538 g/mol. The van der Waals surface area contributed by atoms with Crippen molar-refractivity contribution in [2.24, 2.45) is 0 Å². The lowest BCUT2D eigenvalue weighted by Gasteiger charge is -2.35. The quantitative estimate of drug-likeness (QED) is 0.291. The van der Waals surface area contributed by atoms with Gasteiger partial charge >= 0.3 is 5.56 Å². The van der Waals surface area contributed by atoms with Gasteiger partial charge in [0.15, 0.2) is 5.69 Å². The molecule has 1 fully saturated rings. The number of ether oxygens (including phenoxy) is 1. The number of hydrogen-bond donors (Lipinski definition) is 0. The van der Waals surface area contributed by atoms with Crippen LogP contribution >= 0.6 is 0 Å². The van der Waals surface area contributed by atoms with Crippen molar-refractivity contribution in [1.29, 1.82) is 0 Å². The van der Waals surface area contributed by atoms with E-state index in [9.17, 15) is 14.0 Å². The van der Waals surface area contributed by atoms with Crippen molar-refractivity contribution in [2.45, 2.75) is 57.2 Å². The smallest absolute Gasteiger partial charge is 0.316 e. The van der Waals surface area contributed by atoms with Gasteiger partial charge in [-0.25, -0.2) is 4.39 Å². The van der Waals surface area contributed by atoms with Gasteiger partial charge in [0.05, 0.1) is 0 Å². The number of aromatic nitrogens is 2. The summed E-state index contributed by atoms with van der Waals surface area (Å²) in [6.45, 7) is 1.43. The van der Waals surface area contributed by atoms with Crippen molar-refractivity contribution >= 4 is 5.91 Å². The van der Waals surface area contributed by atoms with Crippen molar-refractivity contribution in [1.82, 2.24) is 14.5 Å². The van der Waals surface area contributed by atoms with Crippen molar-refractivity contribution in [3.05, 3.63) is 129 Å². The van der Waals surface area contributed by atoms with Crippen LogP contribution in [-0.4, -0.2) is 26.9 Å². The molecule has 6 nitrogen and oxygen atoms in total. The van der Waals surface area contributed by atoms with Crippen molar-refractivity contribution in [3.63, 3.8) is 0 Å². The Morgan fingerprint density at radius 3 is 2.20 bits per heavy atom. The van der Waals surface area contributed by atoms with Gasteiger partial charge in [-0.3, -0.25) is 9.59 Å². The molecule has 1 aliphatic carbocycles. The summed E-state index contributed by atoms with van der Waals surface area (Å²) >= 11 is 0. The maximum absolute atomic E-state index is 14.0. The third kappa shape index (κ3) is 5.16. The van der Waals surface area contributed by atoms with Crippen LogP contribution in [0, 0.1) is 5.82 Å². The molecule has 4 aromatic rings. The first kappa shape index (κ1) is 26.0. The van der Waals surface area contributed by atoms with Gasteiger partial charge in [-0.05, 0) is 41.7 Å². The Kier molecular flexibility index (Phi) is 7.20. The van der Waals surface area contributed by atoms with Gasteiger partial charge in [-0.1, -0.05) is 85.6 Å². The molecule has 40 heavy (non-hydrogen) atoms. The second-order valence-corrected chi connectivity index (χ2v) is 10.8. The Balaban J connectivity index is 1.39. The second-order valence-electron chi connectivity index (χ2n) is 10.8. The van der Waals surface area contributed by atoms with E-state index in [1.54, 1.807) is 17.0 Å². The molecule has 0 radical (unpaired) electrons. The van der Waals surface area contributed by atoms with E-state index in [1.807, 2.05) is 41.0 Å². The average Bonchev–Trinajstić information content (AvgIpc) is 3.46. The first-order chi connectivity index (χ1) is 19.5. The highest BCUT2D eigenvalue weighted by Crippen LogP contribution is 2.43. The number of halogens is 1. The summed E-state index contributed by atoms with van der Waals surface area (Å²) in [5, 5.41) is 0. The van der Waals surface area contributed by atoms with E-state index in [0.717, 1.165) is 36.8 Å². The molecule has 2 aliphatic rings. The zero-order chi connectivity index (χ0) is 27.5. The second kappa shape index (κ2) is 11.1. The molecule has 0 N–H and O–H groups in total. The van der Waals surface area contributed by atoms with Crippen LogP contribution < -0.4 is 10.3 Å². The molecule has 0 unspecified atom stereocenters. The molecule has 2 heterocycles. The molecule has 1 aliphatic heterocycles. The Morgan fingerprint density at radius 2 is 1.50 bits per heavy atom. The van der Waals surface area contributed by atoms with E-state index >= 15 is 0 Å². The van der Waals surface area contributed by atoms with E-state index in [0.29, 0.717) is 31.9 Å². The fourth-order valence-electron chi connectivity index (χ4n) is 6.18. The topological polar surface area (TPSA) is 64.4 Å². The van der Waals surface area contributed by atoms with E-state index in [4.69, 9.17) is 4.74 Å². The van der Waals surface area contributed by atoms with E-state index in [-0.39, 0.29) is 35.2 Å². The first-order valence-electron chi connectivity index (χ1n) is 13.9. The summed E-state index contributed by atoms with van der Waals surface area (Å²) in [5.74, 6) is 0.0194. The lowest BCUT2D eigenvalue weighted by molar-refractivity contribution is 0.0675. The zero-order valence-corrected chi connectivity index (χ0v) is 22.4. The molecular weight excluding hydrogens is 505 g/mol. The molecule has 204 valence electrons. The number of amides is 1. The molecule has 3 aromatic carbocycles. The van der Waals surface area contributed by atoms with Gasteiger partial charge in [0.1, 0.15) is 18.2 Å².